The minimum atomic E-state index is -0.169. The number of nitrogens with zero attached hydrogens (tertiary/aromatic N) is 2. The number of hydrogen-bond acceptors (Lipinski definition) is 3. The van der Waals surface area contributed by atoms with E-state index in [0.29, 0.717) is 25.8 Å². The number of aromatic nitrogens is 1. The highest BCUT2D eigenvalue weighted by atomic mass is 127. The minimum absolute atomic E-state index is 0.169. The Labute approximate surface area is 202 Å². The minimum Gasteiger partial charge on any atom is -0.318 e. The molecule has 0 radical (unpaired) electrons. The first-order chi connectivity index (χ1) is 14.3. The van der Waals surface area contributed by atoms with Crippen molar-refractivity contribution in [3.05, 3.63) is 84.0 Å². The number of carbonyl (C=O) groups is 1. The van der Waals surface area contributed by atoms with Gasteiger partial charge in [-0.25, -0.2) is 4.99 Å². The summed E-state index contributed by atoms with van der Waals surface area (Å²) in [5, 5.41) is 4.21. The number of thioether (sulfide) groups is 1. The molecule has 0 saturated carbocycles. The van der Waals surface area contributed by atoms with Crippen molar-refractivity contribution in [3.8, 4) is 5.69 Å². The fourth-order valence-corrected chi connectivity index (χ4v) is 4.70. The Morgan fingerprint density at radius 2 is 1.80 bits per heavy atom. The van der Waals surface area contributed by atoms with Crippen LogP contribution in [0.25, 0.3) is 11.8 Å². The standard InChI is InChI=1S/C22H16Cl2IN3OS/c1-12-9-14(13(2)28(12)17-6-3-15(25)4-7-17)10-20-21(29)27-22(30-20)26-16-5-8-18(23)19(24)11-16/h3-11H,1-2H3,(H,26,27,29)/b20-10-. The zero-order chi connectivity index (χ0) is 21.4. The number of nitrogens with one attached hydrogen (secondary N) is 1. The third kappa shape index (κ3) is 4.46. The molecule has 1 amide bonds. The van der Waals surface area contributed by atoms with Gasteiger partial charge in [-0.2, -0.15) is 0 Å². The molecular formula is C22H16Cl2IN3OS. The number of halogens is 3. The van der Waals surface area contributed by atoms with Crippen molar-refractivity contribution in [3.63, 3.8) is 0 Å². The van der Waals surface area contributed by atoms with Gasteiger partial charge in [0.25, 0.3) is 5.91 Å². The van der Waals surface area contributed by atoms with E-state index in [1.807, 2.05) is 6.08 Å². The van der Waals surface area contributed by atoms with E-state index in [9.17, 15) is 4.79 Å². The molecule has 30 heavy (non-hydrogen) atoms. The lowest BCUT2D eigenvalue weighted by Gasteiger charge is -2.09. The van der Waals surface area contributed by atoms with Crippen LogP contribution in [0.5, 0.6) is 0 Å². The molecule has 0 spiro atoms. The summed E-state index contributed by atoms with van der Waals surface area (Å²) in [6.45, 7) is 4.12. The number of amidine groups is 1. The normalized spacial score (nSPS) is 16.5. The van der Waals surface area contributed by atoms with Crippen molar-refractivity contribution in [2.24, 2.45) is 4.99 Å². The van der Waals surface area contributed by atoms with Gasteiger partial charge < -0.3 is 9.88 Å². The summed E-state index contributed by atoms with van der Waals surface area (Å²) in [5.74, 6) is -0.169. The Bertz CT molecular complexity index is 1220. The first kappa shape index (κ1) is 21.5. The fraction of sp³-hybridized carbons (Fsp3) is 0.0909. The highest BCUT2D eigenvalue weighted by Gasteiger charge is 2.24. The van der Waals surface area contributed by atoms with Crippen molar-refractivity contribution < 1.29 is 4.79 Å². The smallest absolute Gasteiger partial charge is 0.264 e. The van der Waals surface area contributed by atoms with E-state index in [-0.39, 0.29) is 5.91 Å². The second-order valence-electron chi connectivity index (χ2n) is 6.72. The third-order valence-corrected chi connectivity index (χ3v) is 6.99. The van der Waals surface area contributed by atoms with E-state index >= 15 is 0 Å². The molecule has 2 aromatic carbocycles. The zero-order valence-electron chi connectivity index (χ0n) is 16.0. The Hall–Kier alpha value is -1.74. The summed E-state index contributed by atoms with van der Waals surface area (Å²) in [4.78, 5) is 17.5. The van der Waals surface area contributed by atoms with Gasteiger partial charge in [-0.1, -0.05) is 23.2 Å². The maximum atomic E-state index is 12.5. The van der Waals surface area contributed by atoms with Crippen molar-refractivity contribution in [2.75, 3.05) is 0 Å². The second-order valence-corrected chi connectivity index (χ2v) is 9.81. The third-order valence-electron chi connectivity index (χ3n) is 4.63. The van der Waals surface area contributed by atoms with E-state index in [1.54, 1.807) is 18.2 Å². The summed E-state index contributed by atoms with van der Waals surface area (Å²) in [5.41, 5.74) is 4.91. The molecule has 4 nitrogen and oxygen atoms in total. The highest BCUT2D eigenvalue weighted by Crippen LogP contribution is 2.32. The number of hydrogen-bond donors (Lipinski definition) is 1. The van der Waals surface area contributed by atoms with Gasteiger partial charge in [0.15, 0.2) is 5.17 Å². The molecule has 1 aromatic heterocycles. The largest absolute Gasteiger partial charge is 0.318 e. The number of aryl methyl sites for hydroxylation is 1. The molecule has 0 aliphatic carbocycles. The summed E-state index contributed by atoms with van der Waals surface area (Å²) >= 11 is 15.6. The Morgan fingerprint density at radius 3 is 2.50 bits per heavy atom. The first-order valence-corrected chi connectivity index (χ1v) is 11.7. The van der Waals surface area contributed by atoms with Gasteiger partial charge in [0.1, 0.15) is 0 Å². The van der Waals surface area contributed by atoms with Crippen LogP contribution in [0.2, 0.25) is 10.0 Å². The molecule has 4 rings (SSSR count). The van der Waals surface area contributed by atoms with Crippen LogP contribution in [-0.4, -0.2) is 15.6 Å². The first-order valence-electron chi connectivity index (χ1n) is 9.01. The Kier molecular flexibility index (Phi) is 6.29. The molecule has 8 heteroatoms. The van der Waals surface area contributed by atoms with Gasteiger partial charge in [-0.15, -0.1) is 0 Å². The van der Waals surface area contributed by atoms with Crippen LogP contribution < -0.4 is 5.32 Å². The van der Waals surface area contributed by atoms with Gasteiger partial charge >= 0.3 is 0 Å². The lowest BCUT2D eigenvalue weighted by Crippen LogP contribution is -2.19. The van der Waals surface area contributed by atoms with Gasteiger partial charge in [-0.05, 0) is 108 Å². The van der Waals surface area contributed by atoms with Crippen molar-refractivity contribution in [1.29, 1.82) is 0 Å². The average Bonchev–Trinajstić information content (AvgIpc) is 3.18. The number of benzene rings is 2. The van der Waals surface area contributed by atoms with E-state index in [4.69, 9.17) is 23.2 Å². The molecule has 1 saturated heterocycles. The molecule has 0 bridgehead atoms. The predicted octanol–water partition coefficient (Wildman–Crippen LogP) is 6.90. The lowest BCUT2D eigenvalue weighted by molar-refractivity contribution is -0.115. The van der Waals surface area contributed by atoms with Crippen molar-refractivity contribution in [2.45, 2.75) is 13.8 Å². The van der Waals surface area contributed by atoms with Crippen LogP contribution >= 0.6 is 57.6 Å². The van der Waals surface area contributed by atoms with E-state index in [0.717, 1.165) is 22.6 Å². The molecule has 0 atom stereocenters. The molecule has 1 aliphatic rings. The molecule has 1 N–H and O–H groups in total. The number of rotatable bonds is 3. The molecule has 3 aromatic rings. The predicted molar refractivity (Wildman–Crippen MR) is 135 cm³/mol. The van der Waals surface area contributed by atoms with Crippen LogP contribution in [0.1, 0.15) is 17.0 Å². The number of amides is 1. The zero-order valence-corrected chi connectivity index (χ0v) is 20.5. The fourth-order valence-electron chi connectivity index (χ4n) is 3.21. The van der Waals surface area contributed by atoms with Crippen LogP contribution in [0.4, 0.5) is 5.69 Å². The van der Waals surface area contributed by atoms with Gasteiger partial charge in [0.2, 0.25) is 0 Å². The van der Waals surface area contributed by atoms with Crippen LogP contribution in [0, 0.1) is 17.4 Å². The van der Waals surface area contributed by atoms with Gasteiger partial charge in [-0.3, -0.25) is 4.79 Å². The topological polar surface area (TPSA) is 46.4 Å². The maximum absolute atomic E-state index is 12.5. The van der Waals surface area contributed by atoms with E-state index < -0.39 is 0 Å². The number of carbonyl (C=O) groups excluding carboxylic acids is 1. The molecule has 0 unspecified atom stereocenters. The Balaban J connectivity index is 1.63. The van der Waals surface area contributed by atoms with Crippen molar-refractivity contribution in [1.82, 2.24) is 9.88 Å². The lowest BCUT2D eigenvalue weighted by atomic mass is 10.2. The van der Waals surface area contributed by atoms with Crippen LogP contribution in [0.15, 0.2) is 58.4 Å². The summed E-state index contributed by atoms with van der Waals surface area (Å²) in [6, 6.07) is 15.5. The summed E-state index contributed by atoms with van der Waals surface area (Å²) in [6.07, 6.45) is 1.91. The maximum Gasteiger partial charge on any atom is 0.264 e. The van der Waals surface area contributed by atoms with Gasteiger partial charge in [0, 0.05) is 20.6 Å². The highest BCUT2D eigenvalue weighted by molar-refractivity contribution is 14.1. The summed E-state index contributed by atoms with van der Waals surface area (Å²) in [7, 11) is 0. The second kappa shape index (κ2) is 8.78. The van der Waals surface area contributed by atoms with E-state index in [1.165, 1.54) is 15.3 Å². The van der Waals surface area contributed by atoms with Crippen LogP contribution in [-0.2, 0) is 4.79 Å². The molecular weight excluding hydrogens is 552 g/mol. The van der Waals surface area contributed by atoms with E-state index in [2.05, 4.69) is 81.6 Å². The average molecular weight is 568 g/mol. The molecule has 1 fully saturated rings. The SMILES string of the molecule is Cc1cc(/C=C2\SC(=Nc3ccc(Cl)c(Cl)c3)NC2=O)c(C)n1-c1ccc(I)cc1. The summed E-state index contributed by atoms with van der Waals surface area (Å²) < 4.78 is 3.37. The quantitative estimate of drug-likeness (QED) is 0.276. The Morgan fingerprint density at radius 1 is 1.07 bits per heavy atom. The van der Waals surface area contributed by atoms with Gasteiger partial charge in [0.05, 0.1) is 20.6 Å². The molecule has 1 aliphatic heterocycles. The molecule has 2 heterocycles. The van der Waals surface area contributed by atoms with Crippen molar-refractivity contribution >= 4 is 80.4 Å². The molecule has 152 valence electrons. The number of aliphatic imine (C=N–C) groups is 1. The van der Waals surface area contributed by atoms with Crippen LogP contribution in [0.3, 0.4) is 0 Å². The monoisotopic (exact) mass is 567 g/mol.